The highest BCUT2D eigenvalue weighted by Gasteiger charge is 2.41. The molecule has 1 aliphatic heterocycles. The molecule has 0 fully saturated rings. The van der Waals surface area contributed by atoms with Crippen LogP contribution in [0.2, 0.25) is 5.15 Å². The molecule has 8 nitrogen and oxygen atoms in total. The number of anilines is 2. The summed E-state index contributed by atoms with van der Waals surface area (Å²) in [5.41, 5.74) is 3.62. The molecule has 0 saturated carbocycles. The summed E-state index contributed by atoms with van der Waals surface area (Å²) >= 11 is 6.05. The monoisotopic (exact) mass is 476 g/mol. The first-order valence-electron chi connectivity index (χ1n) is 10.3. The molecule has 172 valence electrons. The van der Waals surface area contributed by atoms with Gasteiger partial charge in [0.05, 0.1) is 6.04 Å². The number of aryl methyl sites for hydroxylation is 1. The Morgan fingerprint density at radius 3 is 2.79 bits per heavy atom. The van der Waals surface area contributed by atoms with Crippen LogP contribution in [0.15, 0.2) is 30.6 Å². The molecule has 0 unspecified atom stereocenters. The van der Waals surface area contributed by atoms with Gasteiger partial charge in [0.2, 0.25) is 5.82 Å². The molecule has 4 aromatic rings. The molecule has 5 rings (SSSR count). The van der Waals surface area contributed by atoms with E-state index in [9.17, 15) is 13.2 Å². The van der Waals surface area contributed by atoms with Crippen LogP contribution in [0.4, 0.5) is 24.7 Å². The van der Waals surface area contributed by atoms with Crippen LogP contribution < -0.4 is 10.2 Å². The maximum Gasteiger partial charge on any atom is 0.451 e. The van der Waals surface area contributed by atoms with Gasteiger partial charge >= 0.3 is 6.18 Å². The van der Waals surface area contributed by atoms with Crippen LogP contribution in [0, 0.1) is 6.92 Å². The van der Waals surface area contributed by atoms with Crippen molar-refractivity contribution >= 4 is 34.1 Å². The Bertz CT molecular complexity index is 1330. The van der Waals surface area contributed by atoms with Gasteiger partial charge in [0.1, 0.15) is 16.6 Å². The smallest absolute Gasteiger partial charge is 0.380 e. The van der Waals surface area contributed by atoms with Gasteiger partial charge in [-0.2, -0.15) is 13.2 Å². The molecule has 2 N–H and O–H groups in total. The van der Waals surface area contributed by atoms with Crippen molar-refractivity contribution < 1.29 is 13.2 Å². The Morgan fingerprint density at radius 1 is 1.21 bits per heavy atom. The van der Waals surface area contributed by atoms with Crippen LogP contribution in [0.3, 0.4) is 0 Å². The van der Waals surface area contributed by atoms with Gasteiger partial charge < -0.3 is 19.8 Å². The molecule has 0 saturated heterocycles. The normalized spacial score (nSPS) is 16.3. The quantitative estimate of drug-likeness (QED) is 0.443. The molecule has 0 aliphatic carbocycles. The standard InChI is InChI=1S/C21H20ClF3N8/c1-11-7-17(32-5-6-33-19(12(32)2)30-31-20(33)21(23,24)25)28-10-13(11)9-27-15-3-4-26-18-14(15)8-16(22)29-18/h3-4,7-8,10,12H,5-6,9H2,1-2H3,(H2,26,27,29)/t12-/m0/s1. The molecule has 0 aromatic carbocycles. The minimum Gasteiger partial charge on any atom is -0.380 e. The van der Waals surface area contributed by atoms with Crippen molar-refractivity contribution in [3.63, 3.8) is 0 Å². The molecule has 0 spiro atoms. The maximum absolute atomic E-state index is 13.2. The average molecular weight is 477 g/mol. The fourth-order valence-corrected chi connectivity index (χ4v) is 4.36. The predicted octanol–water partition coefficient (Wildman–Crippen LogP) is 4.72. The minimum absolute atomic E-state index is 0.142. The Balaban J connectivity index is 1.34. The number of H-pyrrole nitrogens is 1. The number of pyridine rings is 2. The second kappa shape index (κ2) is 7.91. The summed E-state index contributed by atoms with van der Waals surface area (Å²) < 4.78 is 40.7. The predicted molar refractivity (Wildman–Crippen MR) is 118 cm³/mol. The largest absolute Gasteiger partial charge is 0.451 e. The van der Waals surface area contributed by atoms with Crippen molar-refractivity contribution in [2.45, 2.75) is 39.2 Å². The van der Waals surface area contributed by atoms with Crippen molar-refractivity contribution in [3.8, 4) is 0 Å². The number of nitrogens with zero attached hydrogens (tertiary/aromatic N) is 6. The highest BCUT2D eigenvalue weighted by molar-refractivity contribution is 6.30. The number of halogens is 4. The third-order valence-electron chi connectivity index (χ3n) is 5.91. The van der Waals surface area contributed by atoms with Crippen molar-refractivity contribution in [2.24, 2.45) is 0 Å². The molecular weight excluding hydrogens is 457 g/mol. The topological polar surface area (TPSA) is 87.6 Å². The lowest BCUT2D eigenvalue weighted by Gasteiger charge is -2.35. The fraction of sp³-hybridized carbons (Fsp3) is 0.333. The molecule has 0 bridgehead atoms. The fourth-order valence-electron chi connectivity index (χ4n) is 4.16. The Hall–Kier alpha value is -3.34. The zero-order valence-corrected chi connectivity index (χ0v) is 18.5. The van der Waals surface area contributed by atoms with E-state index in [1.54, 1.807) is 12.4 Å². The van der Waals surface area contributed by atoms with Crippen molar-refractivity contribution in [3.05, 3.63) is 58.5 Å². The summed E-state index contributed by atoms with van der Waals surface area (Å²) in [6.07, 6.45) is -1.04. The first-order chi connectivity index (χ1) is 15.7. The van der Waals surface area contributed by atoms with E-state index in [0.717, 1.165) is 26.8 Å². The summed E-state index contributed by atoms with van der Waals surface area (Å²) in [5, 5.41) is 12.0. The lowest BCUT2D eigenvalue weighted by Crippen LogP contribution is -2.38. The summed E-state index contributed by atoms with van der Waals surface area (Å²) in [6, 6.07) is 5.26. The third-order valence-corrected chi connectivity index (χ3v) is 6.11. The van der Waals surface area contributed by atoms with Gasteiger partial charge in [-0.1, -0.05) is 11.6 Å². The SMILES string of the molecule is Cc1cc(N2CCn3c(nnc3C(F)(F)F)[C@@H]2C)ncc1CNc1ccnc2[nH]c(Cl)cc12. The van der Waals surface area contributed by atoms with Crippen molar-refractivity contribution in [2.75, 3.05) is 16.8 Å². The number of nitrogens with one attached hydrogen (secondary N) is 2. The van der Waals surface area contributed by atoms with E-state index in [1.807, 2.05) is 36.9 Å². The van der Waals surface area contributed by atoms with Gasteiger partial charge in [-0.15, -0.1) is 10.2 Å². The first kappa shape index (κ1) is 21.5. The molecular formula is C21H20ClF3N8. The number of fused-ring (bicyclic) bond motifs is 2. The lowest BCUT2D eigenvalue weighted by molar-refractivity contribution is -0.147. The average Bonchev–Trinajstić information content (AvgIpc) is 3.36. The first-order valence-corrected chi connectivity index (χ1v) is 10.7. The van der Waals surface area contributed by atoms with Crippen LogP contribution in [0.5, 0.6) is 0 Å². The molecule has 0 radical (unpaired) electrons. The highest BCUT2D eigenvalue weighted by atomic mass is 35.5. The van der Waals surface area contributed by atoms with Gasteiger partial charge in [-0.3, -0.25) is 0 Å². The van der Waals surface area contributed by atoms with Crippen molar-refractivity contribution in [1.29, 1.82) is 0 Å². The number of aromatic nitrogens is 6. The van der Waals surface area contributed by atoms with Gasteiger partial charge in [0, 0.05) is 43.1 Å². The van der Waals surface area contributed by atoms with Gasteiger partial charge in [0.25, 0.3) is 0 Å². The molecule has 5 heterocycles. The number of alkyl halides is 3. The van der Waals surface area contributed by atoms with E-state index in [2.05, 4.69) is 30.5 Å². The number of aromatic amines is 1. The molecule has 12 heteroatoms. The van der Waals surface area contributed by atoms with Gasteiger partial charge in [0.15, 0.2) is 5.82 Å². The number of hydrogen-bond donors (Lipinski definition) is 2. The van der Waals surface area contributed by atoms with Crippen molar-refractivity contribution in [1.82, 2.24) is 29.7 Å². The Morgan fingerprint density at radius 2 is 2.03 bits per heavy atom. The molecule has 33 heavy (non-hydrogen) atoms. The van der Waals surface area contributed by atoms with Crippen LogP contribution >= 0.6 is 11.6 Å². The second-order valence-electron chi connectivity index (χ2n) is 7.96. The van der Waals surface area contributed by atoms with E-state index in [4.69, 9.17) is 11.6 Å². The van der Waals surface area contributed by atoms with Crippen LogP contribution in [0.1, 0.15) is 35.7 Å². The van der Waals surface area contributed by atoms with E-state index in [-0.39, 0.29) is 18.4 Å². The maximum atomic E-state index is 13.2. The van der Waals surface area contributed by atoms with E-state index < -0.39 is 12.0 Å². The number of rotatable bonds is 4. The Labute approximate surface area is 191 Å². The summed E-state index contributed by atoms with van der Waals surface area (Å²) in [6.45, 7) is 4.85. The minimum atomic E-state index is -4.53. The molecule has 0 amide bonds. The van der Waals surface area contributed by atoms with E-state index >= 15 is 0 Å². The van der Waals surface area contributed by atoms with Crippen LogP contribution in [-0.4, -0.2) is 36.3 Å². The summed E-state index contributed by atoms with van der Waals surface area (Å²) in [4.78, 5) is 13.8. The van der Waals surface area contributed by atoms with Gasteiger partial charge in [-0.25, -0.2) is 9.97 Å². The van der Waals surface area contributed by atoms with Gasteiger partial charge in [-0.05, 0) is 43.2 Å². The van der Waals surface area contributed by atoms with E-state index in [0.29, 0.717) is 29.7 Å². The van der Waals surface area contributed by atoms with Crippen LogP contribution in [-0.2, 0) is 19.3 Å². The van der Waals surface area contributed by atoms with Crippen LogP contribution in [0.25, 0.3) is 11.0 Å². The lowest BCUT2D eigenvalue weighted by atomic mass is 10.1. The Kier molecular flexibility index (Phi) is 5.15. The zero-order chi connectivity index (χ0) is 23.3. The number of hydrogen-bond acceptors (Lipinski definition) is 6. The van der Waals surface area contributed by atoms with E-state index in [1.165, 1.54) is 0 Å². The summed E-state index contributed by atoms with van der Waals surface area (Å²) in [5.74, 6) is 0.0180. The highest BCUT2D eigenvalue weighted by Crippen LogP contribution is 2.34. The zero-order valence-electron chi connectivity index (χ0n) is 17.8. The second-order valence-corrected chi connectivity index (χ2v) is 8.37. The summed E-state index contributed by atoms with van der Waals surface area (Å²) in [7, 11) is 0. The molecule has 1 atom stereocenters. The molecule has 4 aromatic heterocycles. The molecule has 1 aliphatic rings. The third kappa shape index (κ3) is 3.86.